The molecule has 0 atom stereocenters. The van der Waals surface area contributed by atoms with Gasteiger partial charge in [-0.05, 0) is 19.8 Å². The van der Waals surface area contributed by atoms with Gasteiger partial charge in [0.1, 0.15) is 6.61 Å². The van der Waals surface area contributed by atoms with Crippen molar-refractivity contribution >= 4 is 5.97 Å². The Hall–Kier alpha value is -0.570. The maximum absolute atomic E-state index is 11.3. The Morgan fingerprint density at radius 2 is 2.00 bits per heavy atom. The van der Waals surface area contributed by atoms with Gasteiger partial charge in [-0.3, -0.25) is 4.79 Å². The molecular formula is C9H18O3. The van der Waals surface area contributed by atoms with Crippen LogP contribution in [-0.2, 0) is 9.53 Å². The number of ether oxygens (including phenoxy) is 1. The van der Waals surface area contributed by atoms with Gasteiger partial charge in [-0.25, -0.2) is 0 Å². The molecule has 0 unspecified atom stereocenters. The minimum Gasteiger partial charge on any atom is -0.463 e. The lowest BCUT2D eigenvalue weighted by molar-refractivity contribution is -0.157. The summed E-state index contributed by atoms with van der Waals surface area (Å²) in [6.07, 6.45) is 0. The molecule has 0 amide bonds. The van der Waals surface area contributed by atoms with Gasteiger partial charge in [0.15, 0.2) is 0 Å². The molecule has 0 bridgehead atoms. The van der Waals surface area contributed by atoms with Gasteiger partial charge < -0.3 is 9.84 Å². The van der Waals surface area contributed by atoms with Crippen LogP contribution in [0.25, 0.3) is 0 Å². The monoisotopic (exact) mass is 174 g/mol. The molecule has 1 N–H and O–H groups in total. The zero-order valence-corrected chi connectivity index (χ0v) is 8.26. The van der Waals surface area contributed by atoms with E-state index in [0.717, 1.165) is 0 Å². The fourth-order valence-electron chi connectivity index (χ4n) is 0.560. The zero-order chi connectivity index (χ0) is 9.78. The second-order valence-corrected chi connectivity index (χ2v) is 3.74. The average Bonchev–Trinajstić information content (AvgIpc) is 1.99. The molecule has 12 heavy (non-hydrogen) atoms. The number of aliphatic hydroxyl groups is 1. The number of rotatable bonds is 4. The van der Waals surface area contributed by atoms with Gasteiger partial charge in [-0.1, -0.05) is 13.8 Å². The first-order valence-electron chi connectivity index (χ1n) is 4.21. The molecule has 0 spiro atoms. The van der Waals surface area contributed by atoms with E-state index in [-0.39, 0.29) is 25.1 Å². The summed E-state index contributed by atoms with van der Waals surface area (Å²) in [5.74, 6) is -0.00440. The van der Waals surface area contributed by atoms with E-state index in [9.17, 15) is 4.79 Å². The van der Waals surface area contributed by atoms with E-state index >= 15 is 0 Å². The molecule has 3 nitrogen and oxygen atoms in total. The van der Waals surface area contributed by atoms with Crippen molar-refractivity contribution < 1.29 is 14.6 Å². The summed E-state index contributed by atoms with van der Waals surface area (Å²) in [6.45, 7) is 7.62. The predicted molar refractivity (Wildman–Crippen MR) is 46.7 cm³/mol. The molecule has 0 rings (SSSR count). The molecule has 0 aromatic heterocycles. The number of hydrogen-bond donors (Lipinski definition) is 1. The van der Waals surface area contributed by atoms with E-state index in [4.69, 9.17) is 9.84 Å². The standard InChI is InChI=1S/C9H18O3/c1-7(2)9(3,4)8(11)12-6-5-10/h7,10H,5-6H2,1-4H3. The summed E-state index contributed by atoms with van der Waals surface area (Å²) in [4.78, 5) is 11.3. The maximum Gasteiger partial charge on any atom is 0.311 e. The fourth-order valence-corrected chi connectivity index (χ4v) is 0.560. The minimum atomic E-state index is -0.463. The summed E-state index contributed by atoms with van der Waals surface area (Å²) < 4.78 is 4.83. The van der Waals surface area contributed by atoms with E-state index in [1.165, 1.54) is 0 Å². The number of carbonyl (C=O) groups is 1. The molecule has 0 saturated heterocycles. The lowest BCUT2D eigenvalue weighted by Gasteiger charge is -2.26. The highest BCUT2D eigenvalue weighted by atomic mass is 16.5. The summed E-state index contributed by atoms with van der Waals surface area (Å²) in [5.41, 5.74) is -0.463. The van der Waals surface area contributed by atoms with Crippen molar-refractivity contribution in [3.8, 4) is 0 Å². The van der Waals surface area contributed by atoms with Gasteiger partial charge in [-0.15, -0.1) is 0 Å². The molecule has 0 aromatic carbocycles. The van der Waals surface area contributed by atoms with E-state index in [1.807, 2.05) is 27.7 Å². The molecule has 0 heterocycles. The molecule has 0 aromatic rings. The van der Waals surface area contributed by atoms with Crippen LogP contribution >= 0.6 is 0 Å². The van der Waals surface area contributed by atoms with Crippen LogP contribution in [0.5, 0.6) is 0 Å². The Morgan fingerprint density at radius 1 is 1.50 bits per heavy atom. The predicted octanol–water partition coefficient (Wildman–Crippen LogP) is 1.20. The van der Waals surface area contributed by atoms with E-state index in [1.54, 1.807) is 0 Å². The fraction of sp³-hybridized carbons (Fsp3) is 0.889. The Labute approximate surface area is 73.7 Å². The number of hydrogen-bond acceptors (Lipinski definition) is 3. The van der Waals surface area contributed by atoms with Crippen LogP contribution in [0.3, 0.4) is 0 Å². The Kier molecular flexibility index (Phi) is 4.24. The van der Waals surface area contributed by atoms with Crippen molar-refractivity contribution in [3.05, 3.63) is 0 Å². The maximum atomic E-state index is 11.3. The second-order valence-electron chi connectivity index (χ2n) is 3.74. The van der Waals surface area contributed by atoms with Gasteiger partial charge >= 0.3 is 5.97 Å². The molecule has 0 aliphatic heterocycles. The second kappa shape index (κ2) is 4.45. The van der Waals surface area contributed by atoms with Crippen molar-refractivity contribution in [1.29, 1.82) is 0 Å². The lowest BCUT2D eigenvalue weighted by Crippen LogP contribution is -2.32. The van der Waals surface area contributed by atoms with Crippen molar-refractivity contribution in [2.24, 2.45) is 11.3 Å². The van der Waals surface area contributed by atoms with Crippen LogP contribution in [0.1, 0.15) is 27.7 Å². The van der Waals surface area contributed by atoms with Crippen LogP contribution in [0.4, 0.5) is 0 Å². The SMILES string of the molecule is CC(C)C(C)(C)C(=O)OCCO. The smallest absolute Gasteiger partial charge is 0.311 e. The third-order valence-electron chi connectivity index (χ3n) is 2.29. The molecule has 0 radical (unpaired) electrons. The molecular weight excluding hydrogens is 156 g/mol. The Bertz CT molecular complexity index is 150. The largest absolute Gasteiger partial charge is 0.463 e. The summed E-state index contributed by atoms with van der Waals surface area (Å²) in [7, 11) is 0. The van der Waals surface area contributed by atoms with Crippen LogP contribution in [0.15, 0.2) is 0 Å². The molecule has 0 aliphatic rings. The highest BCUT2D eigenvalue weighted by Crippen LogP contribution is 2.27. The van der Waals surface area contributed by atoms with Gasteiger partial charge in [0, 0.05) is 0 Å². The average molecular weight is 174 g/mol. The van der Waals surface area contributed by atoms with Gasteiger partial charge in [0.05, 0.1) is 12.0 Å². The first-order chi connectivity index (χ1) is 5.42. The highest BCUT2D eigenvalue weighted by molar-refractivity contribution is 5.76. The number of aliphatic hydroxyl groups excluding tert-OH is 1. The van der Waals surface area contributed by atoms with E-state index < -0.39 is 5.41 Å². The Morgan fingerprint density at radius 3 is 2.33 bits per heavy atom. The molecule has 3 heteroatoms. The first-order valence-corrected chi connectivity index (χ1v) is 4.21. The summed E-state index contributed by atoms with van der Waals surface area (Å²) in [6, 6.07) is 0. The molecule has 0 saturated carbocycles. The molecule has 0 fully saturated rings. The van der Waals surface area contributed by atoms with Gasteiger partial charge in [-0.2, -0.15) is 0 Å². The topological polar surface area (TPSA) is 46.5 Å². The van der Waals surface area contributed by atoms with Crippen LogP contribution < -0.4 is 0 Å². The van der Waals surface area contributed by atoms with Gasteiger partial charge in [0.25, 0.3) is 0 Å². The summed E-state index contributed by atoms with van der Waals surface area (Å²) in [5, 5.41) is 8.44. The van der Waals surface area contributed by atoms with Gasteiger partial charge in [0.2, 0.25) is 0 Å². The van der Waals surface area contributed by atoms with Crippen LogP contribution in [0.2, 0.25) is 0 Å². The van der Waals surface area contributed by atoms with Crippen molar-refractivity contribution in [2.45, 2.75) is 27.7 Å². The lowest BCUT2D eigenvalue weighted by atomic mass is 9.81. The molecule has 0 aliphatic carbocycles. The zero-order valence-electron chi connectivity index (χ0n) is 8.26. The van der Waals surface area contributed by atoms with E-state index in [0.29, 0.717) is 0 Å². The third kappa shape index (κ3) is 2.81. The highest BCUT2D eigenvalue weighted by Gasteiger charge is 2.32. The minimum absolute atomic E-state index is 0.0922. The summed E-state index contributed by atoms with van der Waals surface area (Å²) >= 11 is 0. The van der Waals surface area contributed by atoms with Crippen molar-refractivity contribution in [2.75, 3.05) is 13.2 Å². The quantitative estimate of drug-likeness (QED) is 0.651. The Balaban J connectivity index is 4.07. The first kappa shape index (κ1) is 11.4. The van der Waals surface area contributed by atoms with Crippen LogP contribution in [0, 0.1) is 11.3 Å². The molecule has 72 valence electrons. The van der Waals surface area contributed by atoms with Crippen molar-refractivity contribution in [3.63, 3.8) is 0 Å². The van der Waals surface area contributed by atoms with Crippen LogP contribution in [-0.4, -0.2) is 24.3 Å². The van der Waals surface area contributed by atoms with E-state index in [2.05, 4.69) is 0 Å². The number of carbonyl (C=O) groups excluding carboxylic acids is 1. The number of esters is 1. The van der Waals surface area contributed by atoms with Crippen molar-refractivity contribution in [1.82, 2.24) is 0 Å². The normalized spacial score (nSPS) is 11.8. The third-order valence-corrected chi connectivity index (χ3v) is 2.29.